The molecule has 0 radical (unpaired) electrons. The van der Waals surface area contributed by atoms with Crippen LogP contribution in [0.3, 0.4) is 0 Å². The second-order valence-corrected chi connectivity index (χ2v) is 4.15. The third-order valence-electron chi connectivity index (χ3n) is 2.48. The highest BCUT2D eigenvalue weighted by Gasteiger charge is 2.12. The fourth-order valence-corrected chi connectivity index (χ4v) is 1.80. The van der Waals surface area contributed by atoms with Crippen LogP contribution in [0.4, 0.5) is 10.1 Å². The molecule has 0 amide bonds. The highest BCUT2D eigenvalue weighted by atomic mass is 35.5. The van der Waals surface area contributed by atoms with Crippen LogP contribution >= 0.6 is 11.6 Å². The quantitative estimate of drug-likeness (QED) is 0.900. The van der Waals surface area contributed by atoms with E-state index >= 15 is 0 Å². The predicted molar refractivity (Wildman–Crippen MR) is 69.8 cm³/mol. The Labute approximate surface area is 110 Å². The molecule has 0 saturated carbocycles. The van der Waals surface area contributed by atoms with Gasteiger partial charge in [0.05, 0.1) is 16.8 Å². The number of nitriles is 1. The van der Waals surface area contributed by atoms with Crippen LogP contribution in [0.25, 0.3) is 0 Å². The Kier molecular flexibility index (Phi) is 3.81. The summed E-state index contributed by atoms with van der Waals surface area (Å²) in [4.78, 5) is 0. The van der Waals surface area contributed by atoms with E-state index in [1.807, 2.05) is 6.07 Å². The third-order valence-corrected chi connectivity index (χ3v) is 2.81. The Morgan fingerprint density at radius 3 is 2.61 bits per heavy atom. The van der Waals surface area contributed by atoms with E-state index in [-0.39, 0.29) is 5.82 Å². The molecule has 2 nitrogen and oxygen atoms in total. The van der Waals surface area contributed by atoms with E-state index in [9.17, 15) is 4.39 Å². The van der Waals surface area contributed by atoms with E-state index in [0.717, 1.165) is 0 Å². The highest BCUT2D eigenvalue weighted by Crippen LogP contribution is 2.25. The topological polar surface area (TPSA) is 35.8 Å². The van der Waals surface area contributed by atoms with Gasteiger partial charge in [0.25, 0.3) is 0 Å². The zero-order valence-corrected chi connectivity index (χ0v) is 10.2. The molecule has 4 heteroatoms. The number of nitrogens with one attached hydrogen (secondary N) is 1. The van der Waals surface area contributed by atoms with E-state index in [1.54, 1.807) is 30.3 Å². The fraction of sp³-hybridized carbons (Fsp3) is 0.0714. The van der Waals surface area contributed by atoms with Crippen molar-refractivity contribution in [1.82, 2.24) is 0 Å². The van der Waals surface area contributed by atoms with Gasteiger partial charge in [-0.2, -0.15) is 5.26 Å². The Balaban J connectivity index is 2.26. The molecule has 0 aliphatic rings. The van der Waals surface area contributed by atoms with E-state index in [0.29, 0.717) is 16.3 Å². The molecule has 2 rings (SSSR count). The molecule has 0 aliphatic heterocycles. The number of anilines is 1. The van der Waals surface area contributed by atoms with Gasteiger partial charge in [0, 0.05) is 0 Å². The van der Waals surface area contributed by atoms with Crippen molar-refractivity contribution in [2.24, 2.45) is 0 Å². The van der Waals surface area contributed by atoms with Crippen LogP contribution < -0.4 is 5.32 Å². The highest BCUT2D eigenvalue weighted by molar-refractivity contribution is 6.33. The van der Waals surface area contributed by atoms with E-state index in [2.05, 4.69) is 11.4 Å². The molecule has 1 N–H and O–H groups in total. The minimum absolute atomic E-state index is 0.367. The van der Waals surface area contributed by atoms with Gasteiger partial charge in [0.1, 0.15) is 11.9 Å². The van der Waals surface area contributed by atoms with E-state index in [4.69, 9.17) is 16.9 Å². The third kappa shape index (κ3) is 2.79. The number of nitrogens with zero attached hydrogens (tertiary/aromatic N) is 1. The van der Waals surface area contributed by atoms with Crippen molar-refractivity contribution < 1.29 is 4.39 Å². The fourth-order valence-electron chi connectivity index (χ4n) is 1.61. The van der Waals surface area contributed by atoms with Crippen LogP contribution in [0.1, 0.15) is 11.6 Å². The number of benzene rings is 2. The van der Waals surface area contributed by atoms with Crippen molar-refractivity contribution >= 4 is 17.3 Å². The monoisotopic (exact) mass is 260 g/mol. The number of rotatable bonds is 3. The zero-order valence-electron chi connectivity index (χ0n) is 9.40. The van der Waals surface area contributed by atoms with Crippen LogP contribution in [-0.2, 0) is 0 Å². The predicted octanol–water partition coefficient (Wildman–Crippen LogP) is 4.16. The first-order valence-corrected chi connectivity index (χ1v) is 5.74. The number of para-hydroxylation sites is 1. The Morgan fingerprint density at radius 2 is 1.94 bits per heavy atom. The first-order chi connectivity index (χ1) is 8.70. The summed E-state index contributed by atoms with van der Waals surface area (Å²) in [6, 6.07) is 14.5. The summed E-state index contributed by atoms with van der Waals surface area (Å²) in [7, 11) is 0. The molecule has 90 valence electrons. The number of hydrogen-bond donors (Lipinski definition) is 1. The lowest BCUT2D eigenvalue weighted by atomic mass is 10.1. The molecule has 2 aromatic rings. The molecule has 1 atom stereocenters. The molecule has 0 aliphatic carbocycles. The van der Waals surface area contributed by atoms with Crippen molar-refractivity contribution in [1.29, 1.82) is 5.26 Å². The minimum atomic E-state index is -0.638. The first-order valence-electron chi connectivity index (χ1n) is 5.37. The van der Waals surface area contributed by atoms with Gasteiger partial charge in [-0.05, 0) is 29.8 Å². The summed E-state index contributed by atoms with van der Waals surface area (Å²) >= 11 is 6.00. The van der Waals surface area contributed by atoms with E-state index < -0.39 is 6.04 Å². The maximum Gasteiger partial charge on any atom is 0.140 e. The molecule has 1 unspecified atom stereocenters. The van der Waals surface area contributed by atoms with Crippen molar-refractivity contribution in [2.45, 2.75) is 6.04 Å². The number of halogens is 2. The molecule has 0 heterocycles. The first kappa shape index (κ1) is 12.4. The molecule has 0 bridgehead atoms. The molecule has 0 aromatic heterocycles. The molecular formula is C14H10ClFN2. The van der Waals surface area contributed by atoms with Crippen molar-refractivity contribution in [3.63, 3.8) is 0 Å². The minimum Gasteiger partial charge on any atom is -0.365 e. The van der Waals surface area contributed by atoms with Gasteiger partial charge in [-0.25, -0.2) is 4.39 Å². The van der Waals surface area contributed by atoms with Crippen LogP contribution in [-0.4, -0.2) is 0 Å². The smallest absolute Gasteiger partial charge is 0.140 e. The summed E-state index contributed by atoms with van der Waals surface area (Å²) in [5.41, 5.74) is 1.22. The van der Waals surface area contributed by atoms with Gasteiger partial charge >= 0.3 is 0 Å². The molecular weight excluding hydrogens is 251 g/mol. The Morgan fingerprint density at radius 1 is 1.17 bits per heavy atom. The maximum absolute atomic E-state index is 13.1. The van der Waals surface area contributed by atoms with Crippen LogP contribution in [0.2, 0.25) is 5.02 Å². The maximum atomic E-state index is 13.1. The Bertz CT molecular complexity index is 592. The van der Waals surface area contributed by atoms with Crippen LogP contribution in [0, 0.1) is 17.1 Å². The lowest BCUT2D eigenvalue weighted by Gasteiger charge is -2.14. The zero-order chi connectivity index (χ0) is 13.0. The molecule has 0 spiro atoms. The Hall–Kier alpha value is -2.05. The second-order valence-electron chi connectivity index (χ2n) is 3.74. The van der Waals surface area contributed by atoms with Crippen LogP contribution in [0.15, 0.2) is 48.5 Å². The van der Waals surface area contributed by atoms with Crippen LogP contribution in [0.5, 0.6) is 0 Å². The summed E-state index contributed by atoms with van der Waals surface area (Å²) in [6.45, 7) is 0. The van der Waals surface area contributed by atoms with Gasteiger partial charge in [-0.3, -0.25) is 0 Å². The van der Waals surface area contributed by atoms with E-state index in [1.165, 1.54) is 12.1 Å². The summed E-state index contributed by atoms with van der Waals surface area (Å²) < 4.78 is 13.1. The van der Waals surface area contributed by atoms with Crippen molar-refractivity contribution in [2.75, 3.05) is 5.32 Å². The largest absolute Gasteiger partial charge is 0.365 e. The average Bonchev–Trinajstić information content (AvgIpc) is 2.38. The second kappa shape index (κ2) is 5.52. The summed E-state index contributed by atoms with van der Waals surface area (Å²) in [6.07, 6.45) is 0. The number of hydrogen-bond acceptors (Lipinski definition) is 2. The van der Waals surface area contributed by atoms with Gasteiger partial charge in [-0.1, -0.05) is 35.9 Å². The normalized spacial score (nSPS) is 11.6. The van der Waals surface area contributed by atoms with Gasteiger partial charge in [0.2, 0.25) is 0 Å². The summed E-state index contributed by atoms with van der Waals surface area (Å²) in [5.74, 6) is -0.367. The SMILES string of the molecule is N#CC(Nc1ccccc1Cl)c1cccc(F)c1. The van der Waals surface area contributed by atoms with Crippen molar-refractivity contribution in [3.05, 3.63) is 64.9 Å². The van der Waals surface area contributed by atoms with Gasteiger partial charge in [0.15, 0.2) is 0 Å². The molecule has 0 saturated heterocycles. The summed E-state index contributed by atoms with van der Waals surface area (Å²) in [5, 5.41) is 12.6. The lowest BCUT2D eigenvalue weighted by Crippen LogP contribution is -2.08. The molecule has 18 heavy (non-hydrogen) atoms. The average molecular weight is 261 g/mol. The van der Waals surface area contributed by atoms with Gasteiger partial charge < -0.3 is 5.32 Å². The molecule has 2 aromatic carbocycles. The van der Waals surface area contributed by atoms with Crippen molar-refractivity contribution in [3.8, 4) is 6.07 Å². The lowest BCUT2D eigenvalue weighted by molar-refractivity contribution is 0.625. The van der Waals surface area contributed by atoms with Gasteiger partial charge in [-0.15, -0.1) is 0 Å². The molecule has 0 fully saturated rings. The standard InChI is InChI=1S/C14H10ClFN2/c15-12-6-1-2-7-13(12)18-14(9-17)10-4-3-5-11(16)8-10/h1-8,14,18H.